The van der Waals surface area contributed by atoms with Crippen LogP contribution in [0.2, 0.25) is 0 Å². The molecular weight excluding hydrogens is 258 g/mol. The van der Waals surface area contributed by atoms with Crippen LogP contribution in [0.25, 0.3) is 0 Å². The normalized spacial score (nSPS) is 11.4. The summed E-state index contributed by atoms with van der Waals surface area (Å²) in [6.45, 7) is 1.89. The molecule has 0 aromatic carbocycles. The van der Waals surface area contributed by atoms with E-state index in [1.807, 2.05) is 25.1 Å². The second-order valence-corrected chi connectivity index (χ2v) is 4.05. The Labute approximate surface area is 115 Å². The Kier molecular flexibility index (Phi) is 3.86. The van der Waals surface area contributed by atoms with E-state index < -0.39 is 4.92 Å². The van der Waals surface area contributed by atoms with E-state index in [-0.39, 0.29) is 17.4 Å². The van der Waals surface area contributed by atoms with Gasteiger partial charge >= 0.3 is 5.69 Å². The number of hydrogen-bond donors (Lipinski definition) is 1. The van der Waals surface area contributed by atoms with Crippen LogP contribution in [0.15, 0.2) is 36.5 Å². The number of nitriles is 1. The van der Waals surface area contributed by atoms with E-state index in [0.29, 0.717) is 5.82 Å². The summed E-state index contributed by atoms with van der Waals surface area (Å²) in [7, 11) is 0. The summed E-state index contributed by atoms with van der Waals surface area (Å²) in [6.07, 6.45) is 1.68. The van der Waals surface area contributed by atoms with Gasteiger partial charge in [0.2, 0.25) is 5.69 Å². The molecule has 1 atom stereocenters. The molecule has 2 aromatic rings. The van der Waals surface area contributed by atoms with E-state index in [1.165, 1.54) is 12.1 Å². The lowest BCUT2D eigenvalue weighted by atomic mass is 10.2. The Hall–Kier alpha value is -3.01. The van der Waals surface area contributed by atoms with Crippen molar-refractivity contribution in [2.75, 3.05) is 5.32 Å². The fraction of sp³-hybridized carbons (Fsp3) is 0.154. The van der Waals surface area contributed by atoms with Crippen molar-refractivity contribution in [1.29, 1.82) is 5.26 Å². The molecule has 7 nitrogen and oxygen atoms in total. The molecule has 0 fully saturated rings. The molecule has 2 rings (SSSR count). The number of rotatable bonds is 4. The van der Waals surface area contributed by atoms with Crippen molar-refractivity contribution >= 4 is 11.5 Å². The summed E-state index contributed by atoms with van der Waals surface area (Å²) in [5, 5.41) is 22.7. The van der Waals surface area contributed by atoms with Gasteiger partial charge in [-0.2, -0.15) is 5.26 Å². The average molecular weight is 269 g/mol. The van der Waals surface area contributed by atoms with E-state index in [4.69, 9.17) is 5.26 Å². The van der Waals surface area contributed by atoms with Crippen molar-refractivity contribution in [1.82, 2.24) is 9.97 Å². The Morgan fingerprint density at radius 2 is 2.20 bits per heavy atom. The average Bonchev–Trinajstić information content (AvgIpc) is 2.47. The Morgan fingerprint density at radius 1 is 1.40 bits per heavy atom. The Morgan fingerprint density at radius 3 is 2.80 bits per heavy atom. The van der Waals surface area contributed by atoms with Gasteiger partial charge in [0.15, 0.2) is 0 Å². The Balaban J connectivity index is 2.23. The summed E-state index contributed by atoms with van der Waals surface area (Å²) in [5.41, 5.74) is 0.294. The molecular formula is C13H11N5O2. The fourth-order valence-corrected chi connectivity index (χ4v) is 1.69. The highest BCUT2D eigenvalue weighted by atomic mass is 16.6. The van der Waals surface area contributed by atoms with Gasteiger partial charge in [0, 0.05) is 12.3 Å². The first-order chi connectivity index (χ1) is 9.61. The lowest BCUT2D eigenvalue weighted by Gasteiger charge is -2.13. The zero-order chi connectivity index (χ0) is 14.5. The largest absolute Gasteiger partial charge is 0.362 e. The summed E-state index contributed by atoms with van der Waals surface area (Å²) in [5.74, 6) is 0.394. The topological polar surface area (TPSA) is 105 Å². The molecule has 0 aliphatic heterocycles. The highest BCUT2D eigenvalue weighted by molar-refractivity contribution is 5.50. The van der Waals surface area contributed by atoms with Crippen molar-refractivity contribution in [2.45, 2.75) is 13.0 Å². The number of nitrogens with one attached hydrogen (secondary N) is 1. The maximum absolute atomic E-state index is 10.7. The van der Waals surface area contributed by atoms with E-state index in [9.17, 15) is 10.1 Å². The molecule has 2 heterocycles. The molecule has 100 valence electrons. The Bertz CT molecular complexity index is 666. The van der Waals surface area contributed by atoms with Gasteiger partial charge in [-0.1, -0.05) is 6.07 Å². The molecule has 0 saturated heterocycles. The molecule has 1 N–H and O–H groups in total. The van der Waals surface area contributed by atoms with Gasteiger partial charge in [-0.25, -0.2) is 4.98 Å². The molecule has 7 heteroatoms. The first kappa shape index (κ1) is 13.4. The van der Waals surface area contributed by atoms with Crippen LogP contribution in [0.1, 0.15) is 24.4 Å². The number of nitro groups is 1. The minimum Gasteiger partial charge on any atom is -0.362 e. The first-order valence-corrected chi connectivity index (χ1v) is 5.85. The predicted molar refractivity (Wildman–Crippen MR) is 71.9 cm³/mol. The maximum atomic E-state index is 10.7. The van der Waals surface area contributed by atoms with Gasteiger partial charge < -0.3 is 5.32 Å². The van der Waals surface area contributed by atoms with Crippen LogP contribution < -0.4 is 5.32 Å². The number of aromatic nitrogens is 2. The molecule has 0 aliphatic rings. The van der Waals surface area contributed by atoms with Crippen LogP contribution in [-0.4, -0.2) is 14.9 Å². The standard InChI is InChI=1S/C13H11N5O2/c1-9(10-4-2-3-7-15-10)16-13-6-5-12(18(19)20)11(8-14)17-13/h2-7,9H,1H3,(H,16,17). The summed E-state index contributed by atoms with van der Waals surface area (Å²) >= 11 is 0. The highest BCUT2D eigenvalue weighted by Crippen LogP contribution is 2.21. The van der Waals surface area contributed by atoms with Gasteiger partial charge in [0.1, 0.15) is 11.9 Å². The lowest BCUT2D eigenvalue weighted by Crippen LogP contribution is -2.10. The van der Waals surface area contributed by atoms with Gasteiger partial charge in [-0.3, -0.25) is 15.1 Å². The molecule has 20 heavy (non-hydrogen) atoms. The number of pyridine rings is 2. The quantitative estimate of drug-likeness (QED) is 0.675. The fourth-order valence-electron chi connectivity index (χ4n) is 1.69. The third kappa shape index (κ3) is 2.87. The zero-order valence-corrected chi connectivity index (χ0v) is 10.6. The summed E-state index contributed by atoms with van der Waals surface area (Å²) in [6, 6.07) is 9.86. The summed E-state index contributed by atoms with van der Waals surface area (Å²) < 4.78 is 0. The molecule has 0 saturated carbocycles. The third-order valence-electron chi connectivity index (χ3n) is 2.67. The molecule has 0 radical (unpaired) electrons. The zero-order valence-electron chi connectivity index (χ0n) is 10.6. The molecule has 0 amide bonds. The van der Waals surface area contributed by atoms with Crippen LogP contribution in [-0.2, 0) is 0 Å². The van der Waals surface area contributed by atoms with E-state index in [0.717, 1.165) is 5.69 Å². The van der Waals surface area contributed by atoms with E-state index in [1.54, 1.807) is 12.3 Å². The molecule has 0 aliphatic carbocycles. The van der Waals surface area contributed by atoms with Crippen LogP contribution in [0.5, 0.6) is 0 Å². The minimum absolute atomic E-state index is 0.128. The van der Waals surface area contributed by atoms with Crippen LogP contribution in [0.4, 0.5) is 11.5 Å². The van der Waals surface area contributed by atoms with Crippen molar-refractivity contribution in [3.05, 3.63) is 58.0 Å². The van der Waals surface area contributed by atoms with Crippen molar-refractivity contribution in [2.24, 2.45) is 0 Å². The maximum Gasteiger partial charge on any atom is 0.305 e. The number of anilines is 1. The molecule has 0 bridgehead atoms. The summed E-state index contributed by atoms with van der Waals surface area (Å²) in [4.78, 5) is 18.2. The van der Waals surface area contributed by atoms with E-state index in [2.05, 4.69) is 15.3 Å². The molecule has 2 aromatic heterocycles. The van der Waals surface area contributed by atoms with Crippen LogP contribution in [0, 0.1) is 21.4 Å². The third-order valence-corrected chi connectivity index (χ3v) is 2.67. The number of nitrogens with zero attached hydrogens (tertiary/aromatic N) is 4. The van der Waals surface area contributed by atoms with Gasteiger partial charge in [-0.05, 0) is 25.1 Å². The second kappa shape index (κ2) is 5.75. The molecule has 0 spiro atoms. The van der Waals surface area contributed by atoms with Crippen molar-refractivity contribution < 1.29 is 4.92 Å². The van der Waals surface area contributed by atoms with E-state index >= 15 is 0 Å². The first-order valence-electron chi connectivity index (χ1n) is 5.85. The monoisotopic (exact) mass is 269 g/mol. The molecule has 1 unspecified atom stereocenters. The number of hydrogen-bond acceptors (Lipinski definition) is 6. The smallest absolute Gasteiger partial charge is 0.305 e. The van der Waals surface area contributed by atoms with Crippen molar-refractivity contribution in [3.63, 3.8) is 0 Å². The lowest BCUT2D eigenvalue weighted by molar-refractivity contribution is -0.385. The SMILES string of the molecule is CC(Nc1ccc([N+](=O)[O-])c(C#N)n1)c1ccccn1. The second-order valence-electron chi connectivity index (χ2n) is 4.05. The minimum atomic E-state index is -0.627. The van der Waals surface area contributed by atoms with Gasteiger partial charge in [0.25, 0.3) is 0 Å². The highest BCUT2D eigenvalue weighted by Gasteiger charge is 2.16. The van der Waals surface area contributed by atoms with Gasteiger partial charge in [0.05, 0.1) is 16.7 Å². The van der Waals surface area contributed by atoms with Crippen LogP contribution >= 0.6 is 0 Å². The van der Waals surface area contributed by atoms with Gasteiger partial charge in [-0.15, -0.1) is 0 Å². The van der Waals surface area contributed by atoms with Crippen molar-refractivity contribution in [3.8, 4) is 6.07 Å². The van der Waals surface area contributed by atoms with Crippen LogP contribution in [0.3, 0.4) is 0 Å². The predicted octanol–water partition coefficient (Wildman–Crippen LogP) is 2.43.